The maximum Gasteiger partial charge on any atom is 0.416 e. The van der Waals surface area contributed by atoms with Crippen LogP contribution >= 0.6 is 0 Å². The summed E-state index contributed by atoms with van der Waals surface area (Å²) in [6.07, 6.45) is -9.82. The lowest BCUT2D eigenvalue weighted by Crippen LogP contribution is -2.27. The summed E-state index contributed by atoms with van der Waals surface area (Å²) in [5.74, 6) is 10.7. The molecule has 0 aliphatic rings. The lowest BCUT2D eigenvalue weighted by atomic mass is 10.1. The molecule has 0 heterocycles. The molecule has 0 aromatic heterocycles. The SMILES string of the molecule is CN(c1ccccc1/C=N/N)S(=O)(=O)c1ccc(C(F)(F)F)cc1.COc1ccc(CC(=O)N/N=C/c2ccccc2N(C)S(=O)(=O)c2ccc(C(F)(F)F)cc2)cc1OC.N/N=C/c1ccccc1NS(=O)(=O)c1ccc(C(F)(F)F)cc1. The highest BCUT2D eigenvalue weighted by Crippen LogP contribution is 2.34. The maximum absolute atomic E-state index is 13.0. The van der Waals surface area contributed by atoms with Crippen LogP contribution in [0.15, 0.2) is 194 Å². The van der Waals surface area contributed by atoms with Crippen molar-refractivity contribution in [3.63, 3.8) is 0 Å². The molecular weight excluding hydrogens is 1190 g/mol. The van der Waals surface area contributed by atoms with E-state index < -0.39 is 71.2 Å². The molecule has 1 amide bonds. The van der Waals surface area contributed by atoms with Gasteiger partial charge in [-0.05, 0) is 109 Å². The van der Waals surface area contributed by atoms with Crippen LogP contribution in [0.2, 0.25) is 0 Å². The molecule has 84 heavy (non-hydrogen) atoms. The first kappa shape index (κ1) is 65.6. The fourth-order valence-corrected chi connectivity index (χ4v) is 10.8. The zero-order valence-corrected chi connectivity index (χ0v) is 46.7. The summed E-state index contributed by atoms with van der Waals surface area (Å²) in [6, 6.07) is 33.9. The molecule has 7 rings (SSSR count). The Balaban J connectivity index is 0.000000241. The number of methoxy groups -OCH3 is 2. The van der Waals surface area contributed by atoms with E-state index >= 15 is 0 Å². The van der Waals surface area contributed by atoms with E-state index in [2.05, 4.69) is 25.5 Å². The first-order valence-electron chi connectivity index (χ1n) is 23.7. The van der Waals surface area contributed by atoms with Gasteiger partial charge >= 0.3 is 18.5 Å². The Labute approximate surface area is 476 Å². The molecule has 6 N–H and O–H groups in total. The number of carbonyl (C=O) groups is 1. The molecule has 0 saturated carbocycles. The van der Waals surface area contributed by atoms with Gasteiger partial charge in [0.15, 0.2) is 11.5 Å². The van der Waals surface area contributed by atoms with Crippen molar-refractivity contribution in [1.82, 2.24) is 5.43 Å². The molecule has 0 aliphatic carbocycles. The smallest absolute Gasteiger partial charge is 0.416 e. The number of halogens is 9. The van der Waals surface area contributed by atoms with Gasteiger partial charge in [-0.25, -0.2) is 30.7 Å². The van der Waals surface area contributed by atoms with Crippen molar-refractivity contribution in [2.75, 3.05) is 41.6 Å². The Kier molecular flexibility index (Phi) is 21.7. The topological polar surface area (TPSA) is 258 Å². The number of alkyl halides is 9. The average molecular weight is 1240 g/mol. The minimum Gasteiger partial charge on any atom is -0.493 e. The van der Waals surface area contributed by atoms with Crippen LogP contribution < -0.4 is 39.9 Å². The summed E-state index contributed by atoms with van der Waals surface area (Å²) in [7, 11) is -6.68. The Bertz CT molecular complexity index is 3830. The standard InChI is InChI=1S/C25H24F3N3O5S.C15H14F3N3O2S.C14H12F3N3O2S/c1-31(37(33,34)20-11-9-19(10-12-20)25(26,27)28)21-7-5-4-6-18(21)16-29-30-24(32)15-17-8-13-22(35-2)23(14-17)36-3;1-21(14-5-3-2-4-11(14)10-20-19)24(22,23)13-8-6-12(7-9-13)15(16,17)18;15-14(16,17)11-5-7-12(8-6-11)23(21,22)20-13-4-2-1-3-10(13)9-19-18/h4-14,16H,15H2,1-3H3,(H,30,32);2-10H,19H2,1H3;1-9,20H,18H2/b29-16+;20-10+;19-9+. The maximum atomic E-state index is 13.0. The van der Waals surface area contributed by atoms with E-state index in [0.717, 1.165) is 57.1 Å². The van der Waals surface area contributed by atoms with Crippen molar-refractivity contribution in [3.05, 3.63) is 203 Å². The lowest BCUT2D eigenvalue weighted by molar-refractivity contribution is -0.138. The monoisotopic (exact) mass is 1240 g/mol. The number of para-hydroxylation sites is 3. The second kappa shape index (κ2) is 27.7. The summed E-state index contributed by atoms with van der Waals surface area (Å²) in [5, 5.41) is 10.6. The van der Waals surface area contributed by atoms with Crippen molar-refractivity contribution in [3.8, 4) is 11.5 Å². The number of amides is 1. The number of sulfonamides is 3. The van der Waals surface area contributed by atoms with Crippen LogP contribution in [0.25, 0.3) is 0 Å². The molecule has 0 saturated heterocycles. The van der Waals surface area contributed by atoms with Crippen molar-refractivity contribution in [2.24, 2.45) is 27.0 Å². The highest BCUT2D eigenvalue weighted by molar-refractivity contribution is 7.93. The van der Waals surface area contributed by atoms with Gasteiger partial charge in [0.25, 0.3) is 30.1 Å². The van der Waals surface area contributed by atoms with Crippen molar-refractivity contribution in [1.29, 1.82) is 0 Å². The highest BCUT2D eigenvalue weighted by Gasteiger charge is 2.34. The quantitative estimate of drug-likeness (QED) is 0.0289. The van der Waals surface area contributed by atoms with Crippen LogP contribution in [0.1, 0.15) is 38.9 Å². The van der Waals surface area contributed by atoms with Gasteiger partial charge in [0.05, 0.1) is 87.7 Å². The molecule has 7 aromatic carbocycles. The minimum absolute atomic E-state index is 0.00153. The highest BCUT2D eigenvalue weighted by atomic mass is 32.2. The fourth-order valence-electron chi connectivity index (χ4n) is 7.25. The number of nitrogens with one attached hydrogen (secondary N) is 2. The predicted molar refractivity (Wildman–Crippen MR) is 298 cm³/mol. The Morgan fingerprint density at radius 3 is 1.31 bits per heavy atom. The summed E-state index contributed by atoms with van der Waals surface area (Å²) in [5.41, 5.74) is 2.20. The molecule has 0 radical (unpaired) electrons. The number of anilines is 3. The summed E-state index contributed by atoms with van der Waals surface area (Å²) >= 11 is 0. The zero-order chi connectivity index (χ0) is 62.3. The fraction of sp³-hybridized carbons (Fsp3) is 0.148. The molecule has 18 nitrogen and oxygen atoms in total. The van der Waals surface area contributed by atoms with Gasteiger partial charge in [-0.3, -0.25) is 18.1 Å². The van der Waals surface area contributed by atoms with Gasteiger partial charge in [-0.2, -0.15) is 54.8 Å². The number of rotatable bonds is 17. The normalized spacial score (nSPS) is 12.2. The number of carbonyl (C=O) groups excluding carboxylic acids is 1. The van der Waals surface area contributed by atoms with E-state index in [0.29, 0.717) is 63.7 Å². The number of benzene rings is 7. The molecule has 446 valence electrons. The molecule has 0 bridgehead atoms. The first-order chi connectivity index (χ1) is 39.4. The predicted octanol–water partition coefficient (Wildman–Crippen LogP) is 9.86. The molecule has 0 aliphatic heterocycles. The second-order valence-corrected chi connectivity index (χ2v) is 22.7. The Morgan fingerprint density at radius 1 is 0.512 bits per heavy atom. The van der Waals surface area contributed by atoms with Crippen LogP contribution in [0.4, 0.5) is 56.6 Å². The number of hydrogen-bond acceptors (Lipinski definition) is 14. The zero-order valence-electron chi connectivity index (χ0n) is 44.2. The van der Waals surface area contributed by atoms with Crippen LogP contribution in [-0.4, -0.2) is 78.1 Å². The third kappa shape index (κ3) is 17.2. The Morgan fingerprint density at radius 2 is 0.893 bits per heavy atom. The molecule has 0 atom stereocenters. The number of hydrogen-bond donors (Lipinski definition) is 4. The van der Waals surface area contributed by atoms with E-state index in [1.54, 1.807) is 78.9 Å². The van der Waals surface area contributed by atoms with Gasteiger partial charge in [-0.15, -0.1) is 0 Å². The Hall–Kier alpha value is -9.16. The third-order valence-electron chi connectivity index (χ3n) is 11.6. The average Bonchev–Trinajstić information content (AvgIpc) is 2.20. The number of ether oxygens (including phenoxy) is 2. The van der Waals surface area contributed by atoms with Crippen molar-refractivity contribution >= 4 is 71.7 Å². The lowest BCUT2D eigenvalue weighted by Gasteiger charge is -2.21. The van der Waals surface area contributed by atoms with Gasteiger partial charge < -0.3 is 21.2 Å². The van der Waals surface area contributed by atoms with Gasteiger partial charge in [0, 0.05) is 30.8 Å². The molecule has 0 spiro atoms. The van der Waals surface area contributed by atoms with Crippen LogP contribution in [0.5, 0.6) is 11.5 Å². The van der Waals surface area contributed by atoms with Gasteiger partial charge in [-0.1, -0.05) is 60.7 Å². The number of nitrogens with zero attached hydrogens (tertiary/aromatic N) is 5. The molecular formula is C54H50F9N9O9S3. The molecule has 0 fully saturated rings. The summed E-state index contributed by atoms with van der Waals surface area (Å²) in [4.78, 5) is 11.5. The van der Waals surface area contributed by atoms with Gasteiger partial charge in [0.2, 0.25) is 5.91 Å². The van der Waals surface area contributed by atoms with E-state index in [1.165, 1.54) is 59.1 Å². The van der Waals surface area contributed by atoms with E-state index in [4.69, 9.17) is 21.2 Å². The first-order valence-corrected chi connectivity index (χ1v) is 28.0. The van der Waals surface area contributed by atoms with E-state index in [1.807, 2.05) is 0 Å². The largest absolute Gasteiger partial charge is 0.493 e. The summed E-state index contributed by atoms with van der Waals surface area (Å²) < 4.78 is 204. The third-order valence-corrected chi connectivity index (χ3v) is 16.5. The van der Waals surface area contributed by atoms with E-state index in [9.17, 15) is 69.6 Å². The van der Waals surface area contributed by atoms with Crippen LogP contribution in [-0.2, 0) is 59.8 Å². The van der Waals surface area contributed by atoms with Crippen LogP contribution in [0.3, 0.4) is 0 Å². The number of hydrazone groups is 3. The minimum atomic E-state index is -4.58. The number of nitrogens with two attached hydrogens (primary N) is 2. The molecule has 30 heteroatoms. The summed E-state index contributed by atoms with van der Waals surface area (Å²) in [6.45, 7) is 0. The van der Waals surface area contributed by atoms with Gasteiger partial charge in [0.1, 0.15) is 0 Å². The van der Waals surface area contributed by atoms with Crippen molar-refractivity contribution in [2.45, 2.75) is 39.6 Å². The van der Waals surface area contributed by atoms with Crippen LogP contribution in [0, 0.1) is 0 Å². The molecule has 7 aromatic rings. The van der Waals surface area contributed by atoms with E-state index in [-0.39, 0.29) is 32.5 Å². The van der Waals surface area contributed by atoms with Crippen molar-refractivity contribution < 1.29 is 79.0 Å². The molecule has 0 unspecified atom stereocenters. The second-order valence-electron chi connectivity index (χ2n) is 17.0.